The van der Waals surface area contributed by atoms with E-state index in [9.17, 15) is 5.11 Å². The third-order valence-corrected chi connectivity index (χ3v) is 3.06. The lowest BCUT2D eigenvalue weighted by molar-refractivity contribution is 0.105. The molecule has 2 aromatic rings. The van der Waals surface area contributed by atoms with Gasteiger partial charge in [0.1, 0.15) is 12.7 Å². The second-order valence-electron chi connectivity index (χ2n) is 4.69. The molecule has 0 aliphatic heterocycles. The molecule has 1 heterocycles. The van der Waals surface area contributed by atoms with Crippen LogP contribution in [0.1, 0.15) is 28.5 Å². The van der Waals surface area contributed by atoms with Crippen LogP contribution in [0.15, 0.2) is 30.3 Å². The van der Waals surface area contributed by atoms with Crippen LogP contribution >= 0.6 is 0 Å². The second-order valence-corrected chi connectivity index (χ2v) is 4.69. The summed E-state index contributed by atoms with van der Waals surface area (Å²) in [6.45, 7) is 6.03. The number of hydrogen-bond donors (Lipinski definition) is 1. The number of ether oxygens (including phenoxy) is 1. The minimum absolute atomic E-state index is 0.167. The topological polar surface area (TPSA) is 55.2 Å². The summed E-state index contributed by atoms with van der Waals surface area (Å²) in [7, 11) is 0. The Labute approximate surface area is 113 Å². The van der Waals surface area contributed by atoms with Gasteiger partial charge in [0.15, 0.2) is 0 Å². The quantitative estimate of drug-likeness (QED) is 0.915. The summed E-state index contributed by atoms with van der Waals surface area (Å²) in [4.78, 5) is 0. The Kier molecular flexibility index (Phi) is 4.12. The molecule has 0 aliphatic carbocycles. The van der Waals surface area contributed by atoms with Crippen LogP contribution in [0.5, 0.6) is 5.88 Å². The number of aliphatic hydroxyl groups is 1. The first-order valence-electron chi connectivity index (χ1n) is 6.24. The molecule has 1 aromatic carbocycles. The Morgan fingerprint density at radius 1 is 1.11 bits per heavy atom. The fraction of sp³-hybridized carbons (Fsp3) is 0.333. The smallest absolute Gasteiger partial charge is 0.233 e. The number of nitrogens with zero attached hydrogens (tertiary/aromatic N) is 2. The van der Waals surface area contributed by atoms with Crippen molar-refractivity contribution in [2.24, 2.45) is 0 Å². The molecular formula is C15H18N2O2. The highest BCUT2D eigenvalue weighted by Crippen LogP contribution is 2.16. The maximum atomic E-state index is 10.0. The maximum Gasteiger partial charge on any atom is 0.233 e. The van der Waals surface area contributed by atoms with Gasteiger partial charge in [-0.2, -0.15) is 5.10 Å². The molecule has 1 atom stereocenters. The molecule has 1 unspecified atom stereocenters. The van der Waals surface area contributed by atoms with Crippen molar-refractivity contribution < 1.29 is 9.84 Å². The molecule has 1 N–H and O–H groups in total. The van der Waals surface area contributed by atoms with Crippen LogP contribution in [0.25, 0.3) is 0 Å². The van der Waals surface area contributed by atoms with E-state index in [1.54, 1.807) is 0 Å². The van der Waals surface area contributed by atoms with Crippen LogP contribution in [0.2, 0.25) is 0 Å². The zero-order chi connectivity index (χ0) is 13.8. The van der Waals surface area contributed by atoms with Gasteiger partial charge in [-0.1, -0.05) is 29.8 Å². The number of aliphatic hydroxyl groups excluding tert-OH is 1. The van der Waals surface area contributed by atoms with Crippen LogP contribution in [0.3, 0.4) is 0 Å². The Balaban J connectivity index is 1.98. The van der Waals surface area contributed by atoms with E-state index in [2.05, 4.69) is 10.2 Å². The van der Waals surface area contributed by atoms with Crippen LogP contribution in [-0.2, 0) is 0 Å². The summed E-state index contributed by atoms with van der Waals surface area (Å²) in [5.74, 6) is 0.439. The van der Waals surface area contributed by atoms with E-state index in [-0.39, 0.29) is 6.61 Å². The van der Waals surface area contributed by atoms with Crippen molar-refractivity contribution in [2.75, 3.05) is 6.61 Å². The summed E-state index contributed by atoms with van der Waals surface area (Å²) >= 11 is 0. The number of aromatic nitrogens is 2. The Morgan fingerprint density at radius 3 is 2.42 bits per heavy atom. The van der Waals surface area contributed by atoms with Gasteiger partial charge < -0.3 is 9.84 Å². The summed E-state index contributed by atoms with van der Waals surface area (Å²) in [6, 6.07) is 9.55. The molecular weight excluding hydrogens is 240 g/mol. The van der Waals surface area contributed by atoms with Crippen LogP contribution in [-0.4, -0.2) is 21.9 Å². The van der Waals surface area contributed by atoms with Crippen LogP contribution in [0, 0.1) is 20.8 Å². The molecule has 0 amide bonds. The maximum absolute atomic E-state index is 10.0. The summed E-state index contributed by atoms with van der Waals surface area (Å²) < 4.78 is 5.46. The molecule has 2 rings (SSSR count). The monoisotopic (exact) mass is 258 g/mol. The average molecular weight is 258 g/mol. The van der Waals surface area contributed by atoms with E-state index in [1.165, 1.54) is 0 Å². The Bertz CT molecular complexity index is 553. The van der Waals surface area contributed by atoms with Gasteiger partial charge in [-0.15, -0.1) is 5.10 Å². The van der Waals surface area contributed by atoms with Crippen molar-refractivity contribution >= 4 is 0 Å². The van der Waals surface area contributed by atoms with Crippen molar-refractivity contribution in [2.45, 2.75) is 26.9 Å². The molecule has 0 aliphatic rings. The van der Waals surface area contributed by atoms with Crippen molar-refractivity contribution in [3.8, 4) is 5.88 Å². The van der Waals surface area contributed by atoms with Gasteiger partial charge in [0.05, 0.1) is 5.69 Å². The summed E-state index contributed by atoms with van der Waals surface area (Å²) in [5.41, 5.74) is 3.90. The zero-order valence-electron chi connectivity index (χ0n) is 11.4. The van der Waals surface area contributed by atoms with Crippen molar-refractivity contribution in [1.29, 1.82) is 0 Å². The van der Waals surface area contributed by atoms with E-state index in [0.29, 0.717) is 5.88 Å². The first kappa shape index (κ1) is 13.5. The molecule has 0 spiro atoms. The molecule has 4 nitrogen and oxygen atoms in total. The molecule has 1 aromatic heterocycles. The highest BCUT2D eigenvalue weighted by atomic mass is 16.5. The lowest BCUT2D eigenvalue weighted by Gasteiger charge is -2.12. The Hall–Kier alpha value is -1.94. The second kappa shape index (κ2) is 5.80. The third kappa shape index (κ3) is 3.51. The largest absolute Gasteiger partial charge is 0.473 e. The summed E-state index contributed by atoms with van der Waals surface area (Å²) in [5, 5.41) is 17.9. The molecule has 0 bridgehead atoms. The Morgan fingerprint density at radius 2 is 1.79 bits per heavy atom. The van der Waals surface area contributed by atoms with Crippen molar-refractivity contribution in [1.82, 2.24) is 10.2 Å². The predicted molar refractivity (Wildman–Crippen MR) is 73.1 cm³/mol. The molecule has 0 radical (unpaired) electrons. The van der Waals surface area contributed by atoms with Gasteiger partial charge in [0.25, 0.3) is 0 Å². The average Bonchev–Trinajstić information content (AvgIpc) is 2.40. The number of rotatable bonds is 4. The number of hydrogen-bond acceptors (Lipinski definition) is 4. The van der Waals surface area contributed by atoms with Gasteiger partial charge in [-0.05, 0) is 31.9 Å². The lowest BCUT2D eigenvalue weighted by Crippen LogP contribution is -2.11. The highest BCUT2D eigenvalue weighted by molar-refractivity contribution is 5.24. The van der Waals surface area contributed by atoms with E-state index >= 15 is 0 Å². The molecule has 0 saturated carbocycles. The summed E-state index contributed by atoms with van der Waals surface area (Å²) in [6.07, 6.45) is -0.663. The first-order chi connectivity index (χ1) is 9.06. The van der Waals surface area contributed by atoms with Gasteiger partial charge in [-0.25, -0.2) is 0 Å². The minimum atomic E-state index is -0.663. The molecule has 0 fully saturated rings. The zero-order valence-corrected chi connectivity index (χ0v) is 11.4. The third-order valence-electron chi connectivity index (χ3n) is 3.06. The highest BCUT2D eigenvalue weighted by Gasteiger charge is 2.09. The van der Waals surface area contributed by atoms with E-state index in [1.807, 2.05) is 51.1 Å². The fourth-order valence-corrected chi connectivity index (χ4v) is 1.64. The molecule has 4 heteroatoms. The predicted octanol–water partition coefficient (Wildman–Crippen LogP) is 2.51. The standard InChI is InChI=1S/C15H18N2O2/c1-10-4-6-13(7-5-10)14(18)9-19-15-8-11(2)12(3)16-17-15/h4-8,14,18H,9H2,1-3H3. The molecule has 100 valence electrons. The van der Waals surface area contributed by atoms with Gasteiger partial charge in [0.2, 0.25) is 5.88 Å². The van der Waals surface area contributed by atoms with E-state index in [0.717, 1.165) is 22.4 Å². The normalized spacial score (nSPS) is 12.2. The van der Waals surface area contributed by atoms with Gasteiger partial charge >= 0.3 is 0 Å². The van der Waals surface area contributed by atoms with Gasteiger partial charge in [0, 0.05) is 6.07 Å². The fourth-order valence-electron chi connectivity index (χ4n) is 1.64. The van der Waals surface area contributed by atoms with E-state index < -0.39 is 6.10 Å². The van der Waals surface area contributed by atoms with Gasteiger partial charge in [-0.3, -0.25) is 0 Å². The van der Waals surface area contributed by atoms with E-state index in [4.69, 9.17) is 4.74 Å². The number of benzene rings is 1. The van der Waals surface area contributed by atoms with Crippen LogP contribution in [0.4, 0.5) is 0 Å². The van der Waals surface area contributed by atoms with Crippen molar-refractivity contribution in [3.63, 3.8) is 0 Å². The van der Waals surface area contributed by atoms with Crippen molar-refractivity contribution in [3.05, 3.63) is 52.7 Å². The molecule has 0 saturated heterocycles. The van der Waals surface area contributed by atoms with Crippen LogP contribution < -0.4 is 4.74 Å². The lowest BCUT2D eigenvalue weighted by atomic mass is 10.1. The number of aryl methyl sites for hydroxylation is 3. The SMILES string of the molecule is Cc1ccc(C(O)COc2cc(C)c(C)nn2)cc1. The molecule has 19 heavy (non-hydrogen) atoms. The minimum Gasteiger partial charge on any atom is -0.473 e. The first-order valence-corrected chi connectivity index (χ1v) is 6.24.